The van der Waals surface area contributed by atoms with Crippen LogP contribution in [0.2, 0.25) is 0 Å². The van der Waals surface area contributed by atoms with Crippen LogP contribution in [0.25, 0.3) is 0 Å². The number of unbranched alkanes of at least 4 members (excludes halogenated alkanes) is 24. The van der Waals surface area contributed by atoms with Crippen LogP contribution >= 0.6 is 7.82 Å². The van der Waals surface area contributed by atoms with E-state index in [1.54, 1.807) is 0 Å². The van der Waals surface area contributed by atoms with Crippen LogP contribution < -0.4 is 0 Å². The van der Waals surface area contributed by atoms with Crippen LogP contribution in [0.5, 0.6) is 0 Å². The SMILES string of the molecule is CCCCC/C=C\CCCCCCCCOCC(COP(=O)(O)OCC[N+](C)(C)C)OC(=O)CCCCCCCCCCCCCCCCCC. The van der Waals surface area contributed by atoms with E-state index in [4.69, 9.17) is 18.5 Å². The van der Waals surface area contributed by atoms with Crippen LogP contribution in [0, 0.1) is 0 Å². The van der Waals surface area contributed by atoms with Crippen molar-refractivity contribution in [2.24, 2.45) is 0 Å². The number of quaternary nitrogens is 1. The van der Waals surface area contributed by atoms with Crippen LogP contribution in [0.3, 0.4) is 0 Å². The highest BCUT2D eigenvalue weighted by Crippen LogP contribution is 2.43. The van der Waals surface area contributed by atoms with Gasteiger partial charge in [-0.1, -0.05) is 161 Å². The Balaban J connectivity index is 4.22. The maximum atomic E-state index is 12.7. The van der Waals surface area contributed by atoms with Gasteiger partial charge in [-0.2, -0.15) is 0 Å². The van der Waals surface area contributed by atoms with Crippen LogP contribution in [0.15, 0.2) is 12.2 Å². The molecule has 0 rings (SSSR count). The van der Waals surface area contributed by atoms with Crippen molar-refractivity contribution < 1.29 is 37.3 Å². The van der Waals surface area contributed by atoms with Gasteiger partial charge in [0.1, 0.15) is 19.3 Å². The highest BCUT2D eigenvalue weighted by Gasteiger charge is 2.26. The number of esters is 1. The third-order valence-electron chi connectivity index (χ3n) is 9.33. The lowest BCUT2D eigenvalue weighted by atomic mass is 10.0. The third-order valence-corrected chi connectivity index (χ3v) is 10.3. The minimum Gasteiger partial charge on any atom is -0.457 e. The zero-order chi connectivity index (χ0) is 37.7. The fourth-order valence-electron chi connectivity index (χ4n) is 5.96. The standard InChI is InChI=1S/C42H84NO7P/c1-6-8-10-12-14-16-18-20-21-22-23-25-27-29-31-33-35-42(44)50-41(40-49-51(45,46)48-38-36-43(3,4)5)39-47-37-34-32-30-28-26-24-19-17-15-13-11-9-7-2/h15,17,41H,6-14,16,18-40H2,1-5H3/p+1/b17-15-. The minimum absolute atomic E-state index is 0.0905. The number of rotatable bonds is 40. The molecule has 2 unspecified atom stereocenters. The molecule has 0 aliphatic carbocycles. The Labute approximate surface area is 316 Å². The van der Waals surface area contributed by atoms with Gasteiger partial charge in [-0.05, 0) is 38.5 Å². The van der Waals surface area contributed by atoms with Gasteiger partial charge in [0.25, 0.3) is 0 Å². The smallest absolute Gasteiger partial charge is 0.457 e. The summed E-state index contributed by atoms with van der Waals surface area (Å²) in [6.45, 7) is 5.62. The first-order valence-electron chi connectivity index (χ1n) is 21.4. The maximum Gasteiger partial charge on any atom is 0.472 e. The molecule has 1 N–H and O–H groups in total. The molecule has 0 aromatic heterocycles. The van der Waals surface area contributed by atoms with E-state index in [0.29, 0.717) is 24.1 Å². The van der Waals surface area contributed by atoms with Crippen molar-refractivity contribution in [2.45, 2.75) is 200 Å². The molecular formula is C42H85NO7P+. The summed E-state index contributed by atoms with van der Waals surface area (Å²) in [5, 5.41) is 0. The number of ether oxygens (including phenoxy) is 2. The Hall–Kier alpha value is -0.760. The van der Waals surface area contributed by atoms with Gasteiger partial charge in [0, 0.05) is 13.0 Å². The third kappa shape index (κ3) is 40.3. The Morgan fingerprint density at radius 1 is 0.588 bits per heavy atom. The second-order valence-electron chi connectivity index (χ2n) is 15.7. The summed E-state index contributed by atoms with van der Waals surface area (Å²) < 4.78 is 34.9. The number of nitrogens with zero attached hydrogens (tertiary/aromatic N) is 1. The monoisotopic (exact) mass is 747 g/mol. The number of phosphoric acid groups is 1. The quantitative estimate of drug-likeness (QED) is 0.0219. The predicted octanol–water partition coefficient (Wildman–Crippen LogP) is 12.3. The number of carbonyl (C=O) groups excluding carboxylic acids is 1. The molecule has 0 bridgehead atoms. The van der Waals surface area contributed by atoms with Crippen LogP contribution in [0.4, 0.5) is 0 Å². The maximum absolute atomic E-state index is 12.7. The summed E-state index contributed by atoms with van der Waals surface area (Å²) >= 11 is 0. The summed E-state index contributed by atoms with van der Waals surface area (Å²) in [5.41, 5.74) is 0. The Bertz CT molecular complexity index is 833. The van der Waals surface area contributed by atoms with Crippen molar-refractivity contribution in [1.82, 2.24) is 0 Å². The van der Waals surface area contributed by atoms with E-state index in [9.17, 15) is 14.3 Å². The first-order chi connectivity index (χ1) is 24.6. The molecular weight excluding hydrogens is 661 g/mol. The number of hydrogen-bond acceptors (Lipinski definition) is 6. The van der Waals surface area contributed by atoms with Crippen LogP contribution in [-0.2, 0) is 27.9 Å². The number of carbonyl (C=O) groups is 1. The molecule has 51 heavy (non-hydrogen) atoms. The summed E-state index contributed by atoms with van der Waals surface area (Å²) in [6.07, 6.45) is 38.0. The Morgan fingerprint density at radius 2 is 1.02 bits per heavy atom. The zero-order valence-corrected chi connectivity index (χ0v) is 35.3. The lowest BCUT2D eigenvalue weighted by Crippen LogP contribution is -2.37. The minimum atomic E-state index is -4.27. The largest absolute Gasteiger partial charge is 0.472 e. The van der Waals surface area contributed by atoms with Gasteiger partial charge in [-0.15, -0.1) is 0 Å². The molecule has 0 aromatic carbocycles. The average Bonchev–Trinajstić information content (AvgIpc) is 3.08. The molecule has 0 saturated carbocycles. The van der Waals surface area contributed by atoms with Gasteiger partial charge in [0.2, 0.25) is 0 Å². The summed E-state index contributed by atoms with van der Waals surface area (Å²) in [5.74, 6) is -0.313. The van der Waals surface area contributed by atoms with Gasteiger partial charge in [0.05, 0.1) is 34.4 Å². The van der Waals surface area contributed by atoms with Crippen molar-refractivity contribution in [1.29, 1.82) is 0 Å². The molecule has 0 saturated heterocycles. The lowest BCUT2D eigenvalue weighted by Gasteiger charge is -2.24. The molecule has 8 nitrogen and oxygen atoms in total. The van der Waals surface area contributed by atoms with Crippen molar-refractivity contribution in [2.75, 3.05) is 54.1 Å². The van der Waals surface area contributed by atoms with E-state index >= 15 is 0 Å². The average molecular weight is 747 g/mol. The highest BCUT2D eigenvalue weighted by atomic mass is 31.2. The second-order valence-corrected chi connectivity index (χ2v) is 17.2. The number of hydrogen-bond donors (Lipinski definition) is 1. The van der Waals surface area contributed by atoms with E-state index in [2.05, 4.69) is 26.0 Å². The predicted molar refractivity (Wildman–Crippen MR) is 215 cm³/mol. The van der Waals surface area contributed by atoms with Crippen molar-refractivity contribution in [3.63, 3.8) is 0 Å². The van der Waals surface area contributed by atoms with Crippen LogP contribution in [0.1, 0.15) is 194 Å². The van der Waals surface area contributed by atoms with E-state index in [0.717, 1.165) is 32.1 Å². The second kappa shape index (κ2) is 36.2. The molecule has 0 radical (unpaired) electrons. The number of likely N-dealkylation sites (N-methyl/N-ethyl adjacent to an activating group) is 1. The molecule has 0 aliphatic rings. The molecule has 0 aliphatic heterocycles. The summed E-state index contributed by atoms with van der Waals surface area (Å²) in [7, 11) is 1.67. The van der Waals surface area contributed by atoms with Gasteiger partial charge in [0.15, 0.2) is 0 Å². The zero-order valence-electron chi connectivity index (χ0n) is 34.4. The van der Waals surface area contributed by atoms with Gasteiger partial charge < -0.3 is 18.9 Å². The molecule has 2 atom stereocenters. The van der Waals surface area contributed by atoms with Crippen molar-refractivity contribution in [3.05, 3.63) is 12.2 Å². The summed E-state index contributed by atoms with van der Waals surface area (Å²) in [6, 6.07) is 0. The Kier molecular flexibility index (Phi) is 35.7. The fraction of sp³-hybridized carbons (Fsp3) is 0.929. The first kappa shape index (κ1) is 50.2. The topological polar surface area (TPSA) is 91.3 Å². The van der Waals surface area contributed by atoms with Gasteiger partial charge in [-0.3, -0.25) is 13.8 Å². The van der Waals surface area contributed by atoms with E-state index in [-0.39, 0.29) is 25.8 Å². The molecule has 9 heteroatoms. The molecule has 0 heterocycles. The summed E-state index contributed by atoms with van der Waals surface area (Å²) in [4.78, 5) is 22.8. The van der Waals surface area contributed by atoms with Gasteiger partial charge in [-0.25, -0.2) is 4.57 Å². The van der Waals surface area contributed by atoms with Crippen molar-refractivity contribution in [3.8, 4) is 0 Å². The van der Waals surface area contributed by atoms with E-state index in [1.165, 1.54) is 141 Å². The van der Waals surface area contributed by atoms with Crippen molar-refractivity contribution >= 4 is 13.8 Å². The Morgan fingerprint density at radius 3 is 1.53 bits per heavy atom. The lowest BCUT2D eigenvalue weighted by molar-refractivity contribution is -0.870. The first-order valence-corrected chi connectivity index (χ1v) is 22.9. The fourth-order valence-corrected chi connectivity index (χ4v) is 6.70. The molecule has 0 aromatic rings. The van der Waals surface area contributed by atoms with Crippen LogP contribution in [-0.4, -0.2) is 75.6 Å². The molecule has 304 valence electrons. The number of allylic oxidation sites excluding steroid dienone is 2. The number of phosphoric ester groups is 1. The van der Waals surface area contributed by atoms with E-state index < -0.39 is 13.9 Å². The molecule has 0 amide bonds. The highest BCUT2D eigenvalue weighted by molar-refractivity contribution is 7.47. The van der Waals surface area contributed by atoms with E-state index in [1.807, 2.05) is 21.1 Å². The van der Waals surface area contributed by atoms with Gasteiger partial charge >= 0.3 is 13.8 Å². The molecule has 0 spiro atoms. The molecule has 0 fully saturated rings. The normalized spacial score (nSPS) is 13.9.